The van der Waals surface area contributed by atoms with E-state index in [0.29, 0.717) is 39.0 Å². The highest BCUT2D eigenvalue weighted by atomic mass is 16.5. The van der Waals surface area contributed by atoms with E-state index in [0.717, 1.165) is 65.7 Å². The van der Waals surface area contributed by atoms with Crippen molar-refractivity contribution < 1.29 is 23.9 Å². The number of benzene rings is 3. The summed E-state index contributed by atoms with van der Waals surface area (Å²) in [5, 5.41) is 8.96. The molecule has 1 aliphatic carbocycles. The second-order valence-corrected chi connectivity index (χ2v) is 13.8. The van der Waals surface area contributed by atoms with Crippen LogP contribution in [0.3, 0.4) is 0 Å². The Morgan fingerprint density at radius 3 is 2.59 bits per heavy atom. The number of fused-ring (bicyclic) bond motifs is 5. The molecule has 1 fully saturated rings. The molecule has 0 aromatic heterocycles. The molecule has 3 aliphatic rings. The number of hydrogen-bond donors (Lipinski definition) is 3. The number of hydrogen-bond acceptors (Lipinski definition) is 5. The fraction of sp³-hybridized carbons (Fsp3) is 0.450. The van der Waals surface area contributed by atoms with Crippen LogP contribution in [0.4, 0.5) is 0 Å². The molecule has 2 heterocycles. The molecule has 0 spiro atoms. The fourth-order valence-corrected chi connectivity index (χ4v) is 7.41. The van der Waals surface area contributed by atoms with E-state index in [1.54, 1.807) is 0 Å². The topological polar surface area (TPSA) is 117 Å². The van der Waals surface area contributed by atoms with Gasteiger partial charge in [0.05, 0.1) is 18.9 Å². The zero-order valence-electron chi connectivity index (χ0n) is 28.4. The van der Waals surface area contributed by atoms with Gasteiger partial charge in [0.1, 0.15) is 17.8 Å². The summed E-state index contributed by atoms with van der Waals surface area (Å²) in [6.45, 7) is 3.99. The highest BCUT2D eigenvalue weighted by molar-refractivity contribution is 5.96. The van der Waals surface area contributed by atoms with E-state index < -0.39 is 23.9 Å². The third-order valence-corrected chi connectivity index (χ3v) is 10.3. The van der Waals surface area contributed by atoms with Gasteiger partial charge in [0.2, 0.25) is 23.6 Å². The molecule has 4 atom stereocenters. The Morgan fingerprint density at radius 2 is 1.73 bits per heavy atom. The molecule has 1 saturated heterocycles. The van der Waals surface area contributed by atoms with Crippen molar-refractivity contribution in [3.63, 3.8) is 0 Å². The maximum absolute atomic E-state index is 14.2. The molecule has 4 bridgehead atoms. The number of rotatable bonds is 5. The third kappa shape index (κ3) is 8.88. The van der Waals surface area contributed by atoms with Crippen LogP contribution in [0.5, 0.6) is 5.75 Å². The molecular formula is C40H48N4O5. The van der Waals surface area contributed by atoms with Gasteiger partial charge < -0.3 is 25.6 Å². The summed E-state index contributed by atoms with van der Waals surface area (Å²) >= 11 is 0. The van der Waals surface area contributed by atoms with Gasteiger partial charge in [-0.1, -0.05) is 60.7 Å². The number of nitrogens with zero attached hydrogens (tertiary/aromatic N) is 1. The SMILES string of the molecule is Cc1ccc2cc1CNC(=O)[C@H](CCc1ccccc1)NC(=O)[C@@H](NC(=O)C1CCCc3ccccc31)CC(=O)N1CCCC(CCO2)C1. The standard InChI is InChI=1S/C40H48N4O5/c1-27-16-18-32-23-31(27)25-41-39(47)35(19-17-28-9-3-2-4-10-28)42-40(48)36(24-37(45)44-21-8-11-29(26-44)20-22-49-32)43-38(46)34-15-7-13-30-12-5-6-14-33(30)34/h2-6,9-10,12,14,16,18,23,29,34-36H,7-8,11,13,15,17,19-22,24-26H2,1H3,(H,41,47)(H,42,48)(H,43,46)/t29?,34?,35-,36-/m0/s1. The van der Waals surface area contributed by atoms with Gasteiger partial charge in [-0.3, -0.25) is 19.2 Å². The van der Waals surface area contributed by atoms with E-state index in [4.69, 9.17) is 4.74 Å². The molecule has 258 valence electrons. The molecule has 3 N–H and O–H groups in total. The van der Waals surface area contributed by atoms with Crippen molar-refractivity contribution in [1.29, 1.82) is 0 Å². The summed E-state index contributed by atoms with van der Waals surface area (Å²) in [7, 11) is 0. The minimum absolute atomic E-state index is 0.175. The average Bonchev–Trinajstić information content (AvgIpc) is 3.12. The van der Waals surface area contributed by atoms with Crippen molar-refractivity contribution in [2.24, 2.45) is 5.92 Å². The lowest BCUT2D eigenvalue weighted by Crippen LogP contribution is -2.56. The zero-order chi connectivity index (χ0) is 34.2. The Morgan fingerprint density at radius 1 is 0.918 bits per heavy atom. The molecule has 4 amide bonds. The van der Waals surface area contributed by atoms with Crippen LogP contribution in [0.1, 0.15) is 78.7 Å². The van der Waals surface area contributed by atoms with Gasteiger partial charge in [-0.2, -0.15) is 0 Å². The van der Waals surface area contributed by atoms with Crippen LogP contribution in [0.15, 0.2) is 72.8 Å². The van der Waals surface area contributed by atoms with Crippen LogP contribution in [-0.2, 0) is 38.6 Å². The molecule has 9 heteroatoms. The first kappa shape index (κ1) is 34.2. The number of nitrogens with one attached hydrogen (secondary N) is 3. The van der Waals surface area contributed by atoms with E-state index in [1.165, 1.54) is 0 Å². The van der Waals surface area contributed by atoms with Crippen LogP contribution in [-0.4, -0.2) is 60.3 Å². The van der Waals surface area contributed by atoms with Crippen molar-refractivity contribution in [3.05, 3.63) is 101 Å². The largest absolute Gasteiger partial charge is 0.494 e. The van der Waals surface area contributed by atoms with Gasteiger partial charge in [-0.25, -0.2) is 0 Å². The summed E-state index contributed by atoms with van der Waals surface area (Å²) in [4.78, 5) is 57.5. The molecule has 0 saturated carbocycles. The Hall–Kier alpha value is -4.66. The maximum Gasteiger partial charge on any atom is 0.243 e. The Kier molecular flexibility index (Phi) is 11.3. The van der Waals surface area contributed by atoms with Crippen LogP contribution < -0.4 is 20.7 Å². The van der Waals surface area contributed by atoms with Crippen LogP contribution in [0.25, 0.3) is 0 Å². The summed E-state index contributed by atoms with van der Waals surface area (Å²) in [6.07, 6.45) is 5.86. The summed E-state index contributed by atoms with van der Waals surface area (Å²) < 4.78 is 6.14. The Balaban J connectivity index is 1.27. The van der Waals surface area contributed by atoms with E-state index in [9.17, 15) is 19.2 Å². The summed E-state index contributed by atoms with van der Waals surface area (Å²) in [5.41, 5.74) is 5.12. The molecule has 2 aliphatic heterocycles. The third-order valence-electron chi connectivity index (χ3n) is 10.3. The molecule has 3 aromatic rings. The number of carbonyl (C=O) groups is 4. The van der Waals surface area contributed by atoms with E-state index in [1.807, 2.05) is 84.6 Å². The quantitative estimate of drug-likeness (QED) is 0.364. The Bertz CT molecular complexity index is 1640. The van der Waals surface area contributed by atoms with E-state index in [-0.39, 0.29) is 36.6 Å². The minimum Gasteiger partial charge on any atom is -0.494 e. The lowest BCUT2D eigenvalue weighted by Gasteiger charge is -2.34. The first-order chi connectivity index (χ1) is 23.8. The molecule has 49 heavy (non-hydrogen) atoms. The average molecular weight is 665 g/mol. The van der Waals surface area contributed by atoms with Crippen molar-refractivity contribution in [2.75, 3.05) is 19.7 Å². The van der Waals surface area contributed by atoms with E-state index in [2.05, 4.69) is 16.0 Å². The van der Waals surface area contributed by atoms with Crippen LogP contribution in [0, 0.1) is 12.8 Å². The molecule has 9 nitrogen and oxygen atoms in total. The predicted octanol–water partition coefficient (Wildman–Crippen LogP) is 4.74. The van der Waals surface area contributed by atoms with Crippen LogP contribution in [0.2, 0.25) is 0 Å². The highest BCUT2D eigenvalue weighted by Crippen LogP contribution is 2.32. The molecule has 6 rings (SSSR count). The number of aryl methyl sites for hydroxylation is 3. The van der Waals surface area contributed by atoms with E-state index >= 15 is 0 Å². The summed E-state index contributed by atoms with van der Waals surface area (Å²) in [5.74, 6) is -0.679. The monoisotopic (exact) mass is 664 g/mol. The summed E-state index contributed by atoms with van der Waals surface area (Å²) in [6, 6.07) is 21.6. The number of piperidine rings is 1. The van der Waals surface area contributed by atoms with Gasteiger partial charge >= 0.3 is 0 Å². The van der Waals surface area contributed by atoms with Gasteiger partial charge in [0.15, 0.2) is 0 Å². The predicted molar refractivity (Wildman–Crippen MR) is 188 cm³/mol. The second-order valence-electron chi connectivity index (χ2n) is 13.8. The lowest BCUT2D eigenvalue weighted by atomic mass is 9.82. The van der Waals surface area contributed by atoms with Crippen LogP contribution >= 0.6 is 0 Å². The van der Waals surface area contributed by atoms with Gasteiger partial charge in [-0.05, 0) is 104 Å². The number of carbonyl (C=O) groups excluding carboxylic acids is 4. The highest BCUT2D eigenvalue weighted by Gasteiger charge is 2.34. The van der Waals surface area contributed by atoms with Gasteiger partial charge in [-0.15, -0.1) is 0 Å². The van der Waals surface area contributed by atoms with Crippen molar-refractivity contribution in [2.45, 2.75) is 89.3 Å². The van der Waals surface area contributed by atoms with Crippen molar-refractivity contribution in [1.82, 2.24) is 20.9 Å². The fourth-order valence-electron chi connectivity index (χ4n) is 7.41. The minimum atomic E-state index is -1.12. The zero-order valence-corrected chi connectivity index (χ0v) is 28.4. The first-order valence-electron chi connectivity index (χ1n) is 17.8. The normalized spacial score (nSPS) is 23.5. The Labute approximate surface area is 289 Å². The van der Waals surface area contributed by atoms with Gasteiger partial charge in [0.25, 0.3) is 0 Å². The first-order valence-corrected chi connectivity index (χ1v) is 17.8. The van der Waals surface area contributed by atoms with Crippen molar-refractivity contribution in [3.8, 4) is 5.75 Å². The maximum atomic E-state index is 14.2. The molecular weight excluding hydrogens is 616 g/mol. The second kappa shape index (κ2) is 16.2. The molecule has 2 unspecified atom stereocenters. The number of ether oxygens (including phenoxy) is 1. The molecule has 3 aromatic carbocycles. The molecule has 0 radical (unpaired) electrons. The van der Waals surface area contributed by atoms with Gasteiger partial charge in [0, 0.05) is 19.6 Å². The smallest absolute Gasteiger partial charge is 0.243 e. The lowest BCUT2D eigenvalue weighted by molar-refractivity contribution is -0.138. The number of amides is 4. The van der Waals surface area contributed by atoms with Crippen molar-refractivity contribution >= 4 is 23.6 Å².